The number of hydrogen-bond acceptors (Lipinski definition) is 3. The van der Waals surface area contributed by atoms with Crippen molar-refractivity contribution in [1.29, 1.82) is 0 Å². The van der Waals surface area contributed by atoms with Gasteiger partial charge in [-0.05, 0) is 23.5 Å². The zero-order valence-corrected chi connectivity index (χ0v) is 15.3. The molecule has 3 unspecified atom stereocenters. The highest BCUT2D eigenvalue weighted by atomic mass is 16.6. The Morgan fingerprint density at radius 2 is 1.64 bits per heavy atom. The number of hydrogen-bond donors (Lipinski definition) is 1. The van der Waals surface area contributed by atoms with Gasteiger partial charge in [-0.25, -0.2) is 0 Å². The standard InChI is InChI=1S/C24H20N2O2/c27-26(28)22-15-5-4-10-21(22)24-20-14-7-12-18(20)19-13-6-11-17(23(19)25-24)16-8-2-1-3-9-16/h1-13,15,18,20,24-25H,14H2. The van der Waals surface area contributed by atoms with Crippen LogP contribution in [0.1, 0.15) is 29.5 Å². The Labute approximate surface area is 163 Å². The van der Waals surface area contributed by atoms with Gasteiger partial charge in [0.25, 0.3) is 5.69 Å². The average Bonchev–Trinajstić information content (AvgIpc) is 3.23. The minimum absolute atomic E-state index is 0.0982. The Hall–Kier alpha value is -3.40. The summed E-state index contributed by atoms with van der Waals surface area (Å²) in [5.74, 6) is 0.546. The lowest BCUT2D eigenvalue weighted by Crippen LogP contribution is -2.30. The fourth-order valence-corrected chi connectivity index (χ4v) is 4.70. The van der Waals surface area contributed by atoms with Crippen LogP contribution in [0.4, 0.5) is 11.4 Å². The van der Waals surface area contributed by atoms with Crippen molar-refractivity contribution in [3.05, 3.63) is 106 Å². The van der Waals surface area contributed by atoms with Crippen LogP contribution in [-0.2, 0) is 0 Å². The number of allylic oxidation sites excluding steroid dienone is 2. The molecule has 28 heavy (non-hydrogen) atoms. The molecule has 0 saturated heterocycles. The minimum Gasteiger partial charge on any atom is -0.377 e. The molecule has 0 spiro atoms. The summed E-state index contributed by atoms with van der Waals surface area (Å²) in [6.45, 7) is 0. The molecule has 0 saturated carbocycles. The van der Waals surface area contributed by atoms with Gasteiger partial charge in [0.05, 0.1) is 16.5 Å². The molecule has 2 aliphatic rings. The van der Waals surface area contributed by atoms with Crippen LogP contribution in [0.2, 0.25) is 0 Å². The summed E-state index contributed by atoms with van der Waals surface area (Å²) in [4.78, 5) is 11.4. The molecule has 1 heterocycles. The lowest BCUT2D eigenvalue weighted by Gasteiger charge is -2.38. The van der Waals surface area contributed by atoms with Crippen molar-refractivity contribution in [3.8, 4) is 11.1 Å². The summed E-state index contributed by atoms with van der Waals surface area (Å²) in [6.07, 6.45) is 5.40. The number of fused-ring (bicyclic) bond motifs is 3. The normalized spacial score (nSPS) is 22.2. The molecule has 3 aromatic rings. The van der Waals surface area contributed by atoms with Crippen LogP contribution in [0.3, 0.4) is 0 Å². The van der Waals surface area contributed by atoms with E-state index in [9.17, 15) is 10.1 Å². The molecule has 3 atom stereocenters. The van der Waals surface area contributed by atoms with Gasteiger partial charge in [0.15, 0.2) is 0 Å². The highest BCUT2D eigenvalue weighted by Crippen LogP contribution is 2.53. The summed E-state index contributed by atoms with van der Waals surface area (Å²) in [5.41, 5.74) is 5.60. The van der Waals surface area contributed by atoms with E-state index in [0.717, 1.165) is 28.8 Å². The third-order valence-corrected chi connectivity index (χ3v) is 5.95. The van der Waals surface area contributed by atoms with Crippen LogP contribution >= 0.6 is 0 Å². The third-order valence-electron chi connectivity index (χ3n) is 5.95. The van der Waals surface area contributed by atoms with Crippen LogP contribution in [0, 0.1) is 16.0 Å². The molecular formula is C24H20N2O2. The van der Waals surface area contributed by atoms with E-state index in [2.05, 4.69) is 47.8 Å². The van der Waals surface area contributed by atoms with Gasteiger partial charge in [0.2, 0.25) is 0 Å². The van der Waals surface area contributed by atoms with Gasteiger partial charge in [-0.2, -0.15) is 0 Å². The van der Waals surface area contributed by atoms with Gasteiger partial charge in [-0.1, -0.05) is 78.9 Å². The number of benzene rings is 3. The summed E-state index contributed by atoms with van der Waals surface area (Å²) < 4.78 is 0. The Kier molecular flexibility index (Phi) is 3.97. The van der Waals surface area contributed by atoms with Crippen molar-refractivity contribution in [2.24, 2.45) is 5.92 Å². The van der Waals surface area contributed by atoms with Gasteiger partial charge in [-0.3, -0.25) is 10.1 Å². The first kappa shape index (κ1) is 16.8. The van der Waals surface area contributed by atoms with E-state index in [1.165, 1.54) is 5.56 Å². The maximum Gasteiger partial charge on any atom is 0.274 e. The number of nitro benzene ring substituents is 1. The molecule has 4 heteroatoms. The number of anilines is 1. The van der Waals surface area contributed by atoms with Crippen LogP contribution < -0.4 is 5.32 Å². The molecule has 1 aliphatic heterocycles. The van der Waals surface area contributed by atoms with E-state index >= 15 is 0 Å². The molecule has 4 nitrogen and oxygen atoms in total. The second-order valence-corrected chi connectivity index (χ2v) is 7.43. The van der Waals surface area contributed by atoms with Crippen LogP contribution in [0.5, 0.6) is 0 Å². The Bertz CT molecular complexity index is 1070. The maximum absolute atomic E-state index is 11.7. The number of rotatable bonds is 3. The SMILES string of the molecule is O=[N+]([O-])c1ccccc1C1Nc2c(-c3ccccc3)cccc2C2C=CCC21. The highest BCUT2D eigenvalue weighted by molar-refractivity contribution is 5.82. The molecular weight excluding hydrogens is 348 g/mol. The zero-order valence-electron chi connectivity index (χ0n) is 15.3. The largest absolute Gasteiger partial charge is 0.377 e. The Morgan fingerprint density at radius 1 is 0.893 bits per heavy atom. The number of nitrogens with zero attached hydrogens (tertiary/aromatic N) is 1. The maximum atomic E-state index is 11.7. The second kappa shape index (κ2) is 6.64. The molecule has 0 fully saturated rings. The number of nitro groups is 1. The zero-order chi connectivity index (χ0) is 19.1. The van der Waals surface area contributed by atoms with Gasteiger partial charge in [0.1, 0.15) is 0 Å². The molecule has 0 amide bonds. The van der Waals surface area contributed by atoms with Crippen LogP contribution in [-0.4, -0.2) is 4.92 Å². The number of nitrogens with one attached hydrogen (secondary N) is 1. The van der Waals surface area contributed by atoms with Crippen molar-refractivity contribution < 1.29 is 4.92 Å². The molecule has 0 aromatic heterocycles. The fourth-order valence-electron chi connectivity index (χ4n) is 4.70. The molecule has 138 valence electrons. The van der Waals surface area contributed by atoms with E-state index in [0.29, 0.717) is 0 Å². The topological polar surface area (TPSA) is 55.2 Å². The highest BCUT2D eigenvalue weighted by Gasteiger charge is 2.40. The van der Waals surface area contributed by atoms with E-state index in [1.807, 2.05) is 30.3 Å². The second-order valence-electron chi connectivity index (χ2n) is 7.43. The van der Waals surface area contributed by atoms with Crippen molar-refractivity contribution in [2.45, 2.75) is 18.4 Å². The summed E-state index contributed by atoms with van der Waals surface area (Å²) >= 11 is 0. The summed E-state index contributed by atoms with van der Waals surface area (Å²) in [7, 11) is 0. The summed E-state index contributed by atoms with van der Waals surface area (Å²) in [6, 6.07) is 23.7. The minimum atomic E-state index is -0.271. The van der Waals surface area contributed by atoms with Crippen LogP contribution in [0.25, 0.3) is 11.1 Å². The van der Waals surface area contributed by atoms with Gasteiger partial charge < -0.3 is 5.32 Å². The van der Waals surface area contributed by atoms with Gasteiger partial charge in [0, 0.05) is 23.2 Å². The van der Waals surface area contributed by atoms with Crippen molar-refractivity contribution in [1.82, 2.24) is 0 Å². The van der Waals surface area contributed by atoms with E-state index in [1.54, 1.807) is 12.1 Å². The quantitative estimate of drug-likeness (QED) is 0.346. The smallest absolute Gasteiger partial charge is 0.274 e. The Balaban J connectivity index is 1.68. The predicted octanol–water partition coefficient (Wildman–Crippen LogP) is 6.09. The first-order chi connectivity index (χ1) is 13.7. The van der Waals surface area contributed by atoms with Gasteiger partial charge >= 0.3 is 0 Å². The first-order valence-electron chi connectivity index (χ1n) is 9.59. The lowest BCUT2D eigenvalue weighted by atomic mass is 9.75. The lowest BCUT2D eigenvalue weighted by molar-refractivity contribution is -0.385. The monoisotopic (exact) mass is 368 g/mol. The van der Waals surface area contributed by atoms with Gasteiger partial charge in [-0.15, -0.1) is 0 Å². The first-order valence-corrected chi connectivity index (χ1v) is 9.59. The van der Waals surface area contributed by atoms with Crippen LogP contribution in [0.15, 0.2) is 84.9 Å². The predicted molar refractivity (Wildman–Crippen MR) is 111 cm³/mol. The van der Waals surface area contributed by atoms with E-state index in [-0.39, 0.29) is 28.5 Å². The molecule has 3 aromatic carbocycles. The van der Waals surface area contributed by atoms with Crippen molar-refractivity contribution in [3.63, 3.8) is 0 Å². The molecule has 0 radical (unpaired) electrons. The Morgan fingerprint density at radius 3 is 2.46 bits per heavy atom. The van der Waals surface area contributed by atoms with Crippen molar-refractivity contribution in [2.75, 3.05) is 5.32 Å². The van der Waals surface area contributed by atoms with Crippen molar-refractivity contribution >= 4 is 11.4 Å². The third kappa shape index (κ3) is 2.61. The average molecular weight is 368 g/mol. The van der Waals surface area contributed by atoms with E-state index < -0.39 is 0 Å². The molecule has 1 N–H and O–H groups in total. The number of para-hydroxylation sites is 2. The fraction of sp³-hybridized carbons (Fsp3) is 0.167. The molecule has 1 aliphatic carbocycles. The van der Waals surface area contributed by atoms with E-state index in [4.69, 9.17) is 0 Å². The summed E-state index contributed by atoms with van der Waals surface area (Å²) in [5, 5.41) is 15.4. The molecule has 5 rings (SSSR count). The molecule has 0 bridgehead atoms.